The maximum Gasteiger partial charge on any atom is 0.345 e. The van der Waals surface area contributed by atoms with Gasteiger partial charge in [-0.3, -0.25) is 4.79 Å². The molecule has 2 aromatic carbocycles. The van der Waals surface area contributed by atoms with Gasteiger partial charge < -0.3 is 14.5 Å². The van der Waals surface area contributed by atoms with E-state index in [9.17, 15) is 14.9 Å². The number of fused-ring (bicyclic) bond motifs is 1. The van der Waals surface area contributed by atoms with E-state index in [2.05, 4.69) is 10.4 Å². The van der Waals surface area contributed by atoms with Crippen molar-refractivity contribution in [3.8, 4) is 23.0 Å². The van der Waals surface area contributed by atoms with E-state index >= 15 is 0 Å². The topological polar surface area (TPSA) is 110 Å². The van der Waals surface area contributed by atoms with Crippen LogP contribution < -0.4 is 10.9 Å². The number of ether oxygens (including phenoxy) is 1. The van der Waals surface area contributed by atoms with Gasteiger partial charge in [0, 0.05) is 36.9 Å². The predicted molar refractivity (Wildman–Crippen MR) is 133 cm³/mol. The number of para-hydroxylation sites is 2. The lowest BCUT2D eigenvalue weighted by molar-refractivity contribution is -0.117. The number of carbonyl (C=O) groups excluding carboxylic acids is 1. The molecule has 2 aromatic heterocycles. The number of nitrogens with one attached hydrogen (secondary N) is 1. The van der Waals surface area contributed by atoms with Gasteiger partial charge >= 0.3 is 5.63 Å². The minimum absolute atomic E-state index is 0.0968. The number of hydrogen-bond donors (Lipinski definition) is 1. The molecular weight excluding hydrogens is 444 g/mol. The van der Waals surface area contributed by atoms with Crippen molar-refractivity contribution < 1.29 is 13.9 Å². The molecule has 4 aromatic rings. The molecule has 0 radical (unpaired) electrons. The van der Waals surface area contributed by atoms with E-state index in [4.69, 9.17) is 9.15 Å². The van der Waals surface area contributed by atoms with Gasteiger partial charge in [0.05, 0.1) is 11.3 Å². The molecule has 8 heteroatoms. The van der Waals surface area contributed by atoms with E-state index in [1.165, 1.54) is 6.08 Å². The van der Waals surface area contributed by atoms with Gasteiger partial charge in [-0.15, -0.1) is 0 Å². The van der Waals surface area contributed by atoms with Crippen LogP contribution in [0.4, 0.5) is 0 Å². The molecule has 0 saturated heterocycles. The van der Waals surface area contributed by atoms with Crippen molar-refractivity contribution in [1.82, 2.24) is 15.1 Å². The first-order valence-corrected chi connectivity index (χ1v) is 11.3. The highest BCUT2D eigenvalue weighted by molar-refractivity contribution is 6.02. The number of nitrogens with zero attached hydrogens (tertiary/aromatic N) is 3. The molecule has 0 atom stereocenters. The summed E-state index contributed by atoms with van der Waals surface area (Å²) in [7, 11) is 0. The highest BCUT2D eigenvalue weighted by Crippen LogP contribution is 2.26. The Hall–Kier alpha value is -4.48. The molecule has 35 heavy (non-hydrogen) atoms. The molecule has 1 amide bonds. The fourth-order valence-electron chi connectivity index (χ4n) is 3.56. The third kappa shape index (κ3) is 5.54. The number of amides is 1. The number of rotatable bonds is 9. The second kappa shape index (κ2) is 11.1. The van der Waals surface area contributed by atoms with Crippen LogP contribution in [0, 0.1) is 11.3 Å². The minimum Gasteiger partial charge on any atom is -0.422 e. The zero-order valence-electron chi connectivity index (χ0n) is 19.2. The first-order valence-electron chi connectivity index (χ1n) is 11.3. The average Bonchev–Trinajstić information content (AvgIpc) is 3.30. The summed E-state index contributed by atoms with van der Waals surface area (Å²) in [5, 5.41) is 17.7. The van der Waals surface area contributed by atoms with E-state index in [1.807, 2.05) is 55.5 Å². The van der Waals surface area contributed by atoms with Crippen LogP contribution in [0.5, 0.6) is 0 Å². The number of carbonyl (C=O) groups is 1. The Morgan fingerprint density at radius 3 is 2.74 bits per heavy atom. The molecular formula is C27H24N4O4. The summed E-state index contributed by atoms with van der Waals surface area (Å²) in [6, 6.07) is 20.2. The van der Waals surface area contributed by atoms with Crippen molar-refractivity contribution >= 4 is 23.0 Å². The van der Waals surface area contributed by atoms with Crippen molar-refractivity contribution in [3.05, 3.63) is 88.4 Å². The number of hydrogen-bond acceptors (Lipinski definition) is 6. The molecule has 0 aliphatic rings. The fraction of sp³-hybridized carbons (Fsp3) is 0.185. The Labute approximate surface area is 202 Å². The standard InChI is InChI=1S/C27H24N4O4/c1-2-34-14-8-13-29-26(32)20(17-28)15-21-18-31(22-10-4-3-5-11-22)30-25(21)23-16-19-9-6-7-12-24(19)35-27(23)33/h3-7,9-12,15-16,18H,2,8,13-14H2,1H3,(H,29,32)/b20-15+. The normalized spacial score (nSPS) is 11.4. The maximum absolute atomic E-state index is 12.9. The van der Waals surface area contributed by atoms with Gasteiger partial charge in [-0.05, 0) is 43.7 Å². The fourth-order valence-corrected chi connectivity index (χ4v) is 3.56. The van der Waals surface area contributed by atoms with E-state index in [-0.39, 0.29) is 11.1 Å². The summed E-state index contributed by atoms with van der Waals surface area (Å²) in [5.74, 6) is -0.507. The monoisotopic (exact) mass is 468 g/mol. The molecule has 0 bridgehead atoms. The van der Waals surface area contributed by atoms with Crippen LogP contribution in [0.2, 0.25) is 0 Å². The molecule has 2 heterocycles. The Kier molecular flexibility index (Phi) is 7.50. The van der Waals surface area contributed by atoms with Crippen molar-refractivity contribution in [2.45, 2.75) is 13.3 Å². The van der Waals surface area contributed by atoms with Gasteiger partial charge in [0.25, 0.3) is 5.91 Å². The summed E-state index contributed by atoms with van der Waals surface area (Å²) in [5.41, 5.74) is 1.56. The smallest absolute Gasteiger partial charge is 0.345 e. The van der Waals surface area contributed by atoms with Crippen LogP contribution >= 0.6 is 0 Å². The Balaban J connectivity index is 1.75. The summed E-state index contributed by atoms with van der Waals surface area (Å²) in [6.07, 6.45) is 3.75. The van der Waals surface area contributed by atoms with Gasteiger partial charge in [0.1, 0.15) is 22.9 Å². The third-order valence-electron chi connectivity index (χ3n) is 5.28. The van der Waals surface area contributed by atoms with Gasteiger partial charge in [0.15, 0.2) is 0 Å². The summed E-state index contributed by atoms with van der Waals surface area (Å²) < 4.78 is 12.4. The molecule has 1 N–H and O–H groups in total. The van der Waals surface area contributed by atoms with Gasteiger partial charge in [0.2, 0.25) is 0 Å². The lowest BCUT2D eigenvalue weighted by Crippen LogP contribution is -2.26. The number of aromatic nitrogens is 2. The molecule has 0 aliphatic carbocycles. The SMILES string of the molecule is CCOCCCNC(=O)/C(C#N)=C/c1cn(-c2ccccc2)nc1-c1cc2ccccc2oc1=O. The van der Waals surface area contributed by atoms with Crippen molar-refractivity contribution in [3.63, 3.8) is 0 Å². The van der Waals surface area contributed by atoms with Crippen molar-refractivity contribution in [2.75, 3.05) is 19.8 Å². The van der Waals surface area contributed by atoms with Gasteiger partial charge in [-0.2, -0.15) is 10.4 Å². The first-order chi connectivity index (χ1) is 17.1. The van der Waals surface area contributed by atoms with Gasteiger partial charge in [-0.25, -0.2) is 9.48 Å². The Morgan fingerprint density at radius 2 is 1.97 bits per heavy atom. The van der Waals surface area contributed by atoms with Crippen LogP contribution in [0.3, 0.4) is 0 Å². The molecule has 0 spiro atoms. The zero-order valence-corrected chi connectivity index (χ0v) is 19.2. The Morgan fingerprint density at radius 1 is 1.20 bits per heavy atom. The van der Waals surface area contributed by atoms with Crippen LogP contribution in [0.1, 0.15) is 18.9 Å². The van der Waals surface area contributed by atoms with Crippen LogP contribution in [0.15, 0.2) is 81.6 Å². The average molecular weight is 469 g/mol. The molecule has 0 fully saturated rings. The Bertz CT molecular complexity index is 1460. The predicted octanol–water partition coefficient (Wildman–Crippen LogP) is 4.10. The van der Waals surface area contributed by atoms with Gasteiger partial charge in [-0.1, -0.05) is 36.4 Å². The summed E-state index contributed by atoms with van der Waals surface area (Å²) in [6.45, 7) is 3.41. The first kappa shape index (κ1) is 23.7. The van der Waals surface area contributed by atoms with E-state index in [0.29, 0.717) is 43.0 Å². The highest BCUT2D eigenvalue weighted by Gasteiger charge is 2.18. The lowest BCUT2D eigenvalue weighted by atomic mass is 10.1. The van der Waals surface area contributed by atoms with E-state index in [1.54, 1.807) is 29.1 Å². The second-order valence-corrected chi connectivity index (χ2v) is 7.67. The molecule has 176 valence electrons. The zero-order chi connectivity index (χ0) is 24.6. The quantitative estimate of drug-likeness (QED) is 0.171. The molecule has 8 nitrogen and oxygen atoms in total. The molecule has 0 aliphatic heterocycles. The minimum atomic E-state index is -0.560. The highest BCUT2D eigenvalue weighted by atomic mass is 16.5. The van der Waals surface area contributed by atoms with Crippen LogP contribution in [-0.4, -0.2) is 35.4 Å². The number of benzene rings is 2. The largest absolute Gasteiger partial charge is 0.422 e. The van der Waals surface area contributed by atoms with E-state index in [0.717, 1.165) is 11.1 Å². The van der Waals surface area contributed by atoms with Crippen molar-refractivity contribution in [2.24, 2.45) is 0 Å². The van der Waals surface area contributed by atoms with Crippen LogP contribution in [-0.2, 0) is 9.53 Å². The summed E-state index contributed by atoms with van der Waals surface area (Å²) >= 11 is 0. The second-order valence-electron chi connectivity index (χ2n) is 7.67. The summed E-state index contributed by atoms with van der Waals surface area (Å²) in [4.78, 5) is 25.5. The molecule has 0 unspecified atom stereocenters. The third-order valence-corrected chi connectivity index (χ3v) is 5.28. The molecule has 4 rings (SSSR count). The maximum atomic E-state index is 12.9. The van der Waals surface area contributed by atoms with Crippen LogP contribution in [0.25, 0.3) is 34.0 Å². The molecule has 0 saturated carbocycles. The lowest BCUT2D eigenvalue weighted by Gasteiger charge is -2.05. The van der Waals surface area contributed by atoms with Crippen molar-refractivity contribution in [1.29, 1.82) is 5.26 Å². The number of nitriles is 1. The van der Waals surface area contributed by atoms with E-state index < -0.39 is 11.5 Å².